The first-order chi connectivity index (χ1) is 24.3. The van der Waals surface area contributed by atoms with Gasteiger partial charge in [-0.25, -0.2) is 4.98 Å². The maximum atomic E-state index is 6.56. The Morgan fingerprint density at radius 1 is 0.408 bits per heavy atom. The van der Waals surface area contributed by atoms with Gasteiger partial charge >= 0.3 is 0 Å². The fourth-order valence-electron chi connectivity index (χ4n) is 7.07. The van der Waals surface area contributed by atoms with E-state index < -0.39 is 0 Å². The first-order valence-corrected chi connectivity index (χ1v) is 16.5. The quantitative estimate of drug-likeness (QED) is 0.190. The monoisotopic (exact) mass is 628 g/mol. The lowest BCUT2D eigenvalue weighted by Crippen LogP contribution is -2.09. The number of hydrogen-bond acceptors (Lipinski definition) is 4. The van der Waals surface area contributed by atoms with Gasteiger partial charge in [-0.15, -0.1) is 0 Å². The Morgan fingerprint density at radius 3 is 1.98 bits per heavy atom. The molecule has 0 atom stereocenters. The predicted molar refractivity (Wildman–Crippen MR) is 202 cm³/mol. The lowest BCUT2D eigenvalue weighted by molar-refractivity contribution is 0.621. The van der Waals surface area contributed by atoms with Crippen molar-refractivity contribution in [1.29, 1.82) is 0 Å². The molecule has 230 valence electrons. The summed E-state index contributed by atoms with van der Waals surface area (Å²) in [6, 6.07) is 59.1. The molecule has 10 rings (SSSR count). The van der Waals surface area contributed by atoms with Crippen molar-refractivity contribution in [2.24, 2.45) is 0 Å². The summed E-state index contributed by atoms with van der Waals surface area (Å²) in [5.41, 5.74) is 9.55. The lowest BCUT2D eigenvalue weighted by atomic mass is 10.0. The molecule has 0 aliphatic rings. The number of rotatable bonds is 5. The van der Waals surface area contributed by atoms with Crippen LogP contribution in [0.2, 0.25) is 0 Å². The normalized spacial score (nSPS) is 11.7. The van der Waals surface area contributed by atoms with E-state index in [1.807, 2.05) is 18.2 Å². The van der Waals surface area contributed by atoms with Gasteiger partial charge in [0.25, 0.3) is 0 Å². The van der Waals surface area contributed by atoms with Gasteiger partial charge in [0, 0.05) is 50.4 Å². The number of para-hydroxylation sites is 2. The fourth-order valence-corrected chi connectivity index (χ4v) is 7.07. The average Bonchev–Trinajstić information content (AvgIpc) is 3.78. The molecule has 2 heterocycles. The standard InChI is InChI=1S/C45H28N2O2/c1-2-12-34(13-3-1)47(36-24-26-39-40-25-21-30-10-6-7-14-37(30)43(40)48-42(39)28-36)35-22-19-31(20-23-35)38-15-8-16-41-44(38)49-45(46-41)33-18-17-29-9-4-5-11-32(29)27-33/h1-28H. The van der Waals surface area contributed by atoms with Crippen molar-refractivity contribution in [3.05, 3.63) is 170 Å². The van der Waals surface area contributed by atoms with E-state index in [4.69, 9.17) is 13.8 Å². The van der Waals surface area contributed by atoms with Crippen molar-refractivity contribution < 1.29 is 8.83 Å². The molecule has 0 amide bonds. The van der Waals surface area contributed by atoms with E-state index in [9.17, 15) is 0 Å². The second kappa shape index (κ2) is 11.0. The molecule has 0 bridgehead atoms. The molecule has 0 spiro atoms. The highest BCUT2D eigenvalue weighted by Crippen LogP contribution is 2.41. The molecule has 0 radical (unpaired) electrons. The Bertz CT molecular complexity index is 2830. The summed E-state index contributed by atoms with van der Waals surface area (Å²) in [5, 5.41) is 6.88. The first-order valence-electron chi connectivity index (χ1n) is 16.5. The van der Waals surface area contributed by atoms with Crippen LogP contribution >= 0.6 is 0 Å². The van der Waals surface area contributed by atoms with Crippen molar-refractivity contribution in [2.75, 3.05) is 4.90 Å². The predicted octanol–water partition coefficient (Wildman–Crippen LogP) is 12.8. The summed E-state index contributed by atoms with van der Waals surface area (Å²) >= 11 is 0. The number of furan rings is 1. The van der Waals surface area contributed by atoms with E-state index in [-0.39, 0.29) is 0 Å². The van der Waals surface area contributed by atoms with E-state index in [1.165, 1.54) is 10.8 Å². The zero-order valence-electron chi connectivity index (χ0n) is 26.4. The molecule has 0 unspecified atom stereocenters. The van der Waals surface area contributed by atoms with Gasteiger partial charge in [-0.1, -0.05) is 103 Å². The molecule has 0 aliphatic heterocycles. The Hall–Kier alpha value is -6.65. The minimum atomic E-state index is 0.619. The second-order valence-corrected chi connectivity index (χ2v) is 12.4. The number of hydrogen-bond donors (Lipinski definition) is 0. The summed E-state index contributed by atoms with van der Waals surface area (Å²) in [6.45, 7) is 0. The van der Waals surface area contributed by atoms with Crippen molar-refractivity contribution in [3.8, 4) is 22.6 Å². The lowest BCUT2D eigenvalue weighted by Gasteiger charge is -2.25. The Labute approximate surface area is 282 Å². The Morgan fingerprint density at radius 2 is 1.10 bits per heavy atom. The number of fused-ring (bicyclic) bond motifs is 7. The van der Waals surface area contributed by atoms with Gasteiger partial charge in [-0.2, -0.15) is 0 Å². The fraction of sp³-hybridized carbons (Fsp3) is 0. The molecule has 0 N–H and O–H groups in total. The minimum Gasteiger partial charge on any atom is -0.455 e. The van der Waals surface area contributed by atoms with Crippen molar-refractivity contribution >= 4 is 71.6 Å². The second-order valence-electron chi connectivity index (χ2n) is 12.4. The highest BCUT2D eigenvalue weighted by atomic mass is 16.3. The molecule has 8 aromatic carbocycles. The highest BCUT2D eigenvalue weighted by Gasteiger charge is 2.18. The van der Waals surface area contributed by atoms with Gasteiger partial charge in [0.1, 0.15) is 16.7 Å². The molecule has 4 heteroatoms. The van der Waals surface area contributed by atoms with Gasteiger partial charge < -0.3 is 13.7 Å². The van der Waals surface area contributed by atoms with Crippen LogP contribution in [0, 0.1) is 0 Å². The summed E-state index contributed by atoms with van der Waals surface area (Å²) in [7, 11) is 0. The summed E-state index contributed by atoms with van der Waals surface area (Å²) in [5.74, 6) is 0.619. The molecular formula is C45H28N2O2. The molecule has 0 saturated carbocycles. The molecular weight excluding hydrogens is 601 g/mol. The number of aromatic nitrogens is 1. The van der Waals surface area contributed by atoms with Gasteiger partial charge in [0.15, 0.2) is 5.58 Å². The van der Waals surface area contributed by atoms with Crippen molar-refractivity contribution in [1.82, 2.24) is 4.98 Å². The van der Waals surface area contributed by atoms with Crippen LogP contribution in [0.4, 0.5) is 17.1 Å². The summed E-state index contributed by atoms with van der Waals surface area (Å²) < 4.78 is 13.0. The van der Waals surface area contributed by atoms with Crippen LogP contribution in [0.1, 0.15) is 0 Å². The first kappa shape index (κ1) is 27.5. The van der Waals surface area contributed by atoms with Crippen LogP contribution in [0.5, 0.6) is 0 Å². The molecule has 49 heavy (non-hydrogen) atoms. The third-order valence-electron chi connectivity index (χ3n) is 9.47. The summed E-state index contributed by atoms with van der Waals surface area (Å²) in [6.07, 6.45) is 0. The van der Waals surface area contributed by atoms with E-state index in [0.717, 1.165) is 77.6 Å². The SMILES string of the molecule is c1ccc(N(c2ccc(-c3cccc4nc(-c5ccc6ccccc6c5)oc34)cc2)c2ccc3c(c2)oc2c4ccccc4ccc32)cc1. The van der Waals surface area contributed by atoms with Crippen LogP contribution in [0.25, 0.3) is 77.2 Å². The topological polar surface area (TPSA) is 42.4 Å². The smallest absolute Gasteiger partial charge is 0.227 e. The van der Waals surface area contributed by atoms with Gasteiger partial charge in [0.2, 0.25) is 5.89 Å². The summed E-state index contributed by atoms with van der Waals surface area (Å²) in [4.78, 5) is 7.14. The van der Waals surface area contributed by atoms with Crippen molar-refractivity contribution in [2.45, 2.75) is 0 Å². The van der Waals surface area contributed by atoms with E-state index in [0.29, 0.717) is 5.89 Å². The van der Waals surface area contributed by atoms with E-state index >= 15 is 0 Å². The largest absolute Gasteiger partial charge is 0.455 e. The van der Waals surface area contributed by atoms with Gasteiger partial charge in [-0.3, -0.25) is 0 Å². The molecule has 0 saturated heterocycles. The van der Waals surface area contributed by atoms with Crippen LogP contribution in [0.15, 0.2) is 179 Å². The maximum Gasteiger partial charge on any atom is 0.227 e. The molecule has 2 aromatic heterocycles. The van der Waals surface area contributed by atoms with Crippen LogP contribution < -0.4 is 4.90 Å². The minimum absolute atomic E-state index is 0.619. The van der Waals surface area contributed by atoms with Crippen LogP contribution in [0.3, 0.4) is 0 Å². The third kappa shape index (κ3) is 4.57. The van der Waals surface area contributed by atoms with Crippen LogP contribution in [-0.4, -0.2) is 4.98 Å². The number of oxazole rings is 1. The zero-order valence-corrected chi connectivity index (χ0v) is 26.4. The van der Waals surface area contributed by atoms with Gasteiger partial charge in [0.05, 0.1) is 0 Å². The highest BCUT2D eigenvalue weighted by molar-refractivity contribution is 6.15. The molecule has 10 aromatic rings. The zero-order chi connectivity index (χ0) is 32.3. The number of anilines is 3. The average molecular weight is 629 g/mol. The van der Waals surface area contributed by atoms with E-state index in [2.05, 4.69) is 157 Å². The van der Waals surface area contributed by atoms with Crippen LogP contribution in [-0.2, 0) is 0 Å². The molecule has 4 nitrogen and oxygen atoms in total. The molecule has 0 aliphatic carbocycles. The Balaban J connectivity index is 1.05. The molecule has 0 fully saturated rings. The Kier molecular flexibility index (Phi) is 6.15. The number of benzene rings is 8. The third-order valence-corrected chi connectivity index (χ3v) is 9.47. The van der Waals surface area contributed by atoms with Crippen molar-refractivity contribution in [3.63, 3.8) is 0 Å². The maximum absolute atomic E-state index is 6.56. The van der Waals surface area contributed by atoms with E-state index in [1.54, 1.807) is 0 Å². The van der Waals surface area contributed by atoms with Gasteiger partial charge in [-0.05, 0) is 82.4 Å². The number of nitrogens with zero attached hydrogens (tertiary/aromatic N) is 2.